The summed E-state index contributed by atoms with van der Waals surface area (Å²) in [5.41, 5.74) is -1.34. The molecule has 5 aliphatic carbocycles. The first-order valence-corrected chi connectivity index (χ1v) is 10.4. The van der Waals surface area contributed by atoms with Crippen LogP contribution in [0.5, 0.6) is 0 Å². The Kier molecular flexibility index (Phi) is 4.24. The third-order valence-corrected chi connectivity index (χ3v) is 7.40. The van der Waals surface area contributed by atoms with Crippen molar-refractivity contribution in [3.8, 4) is 0 Å². The Morgan fingerprint density at radius 3 is 2.31 bits per heavy atom. The number of rotatable bonds is 4. The lowest BCUT2D eigenvalue weighted by Crippen LogP contribution is -2.60. The van der Waals surface area contributed by atoms with E-state index in [2.05, 4.69) is 26.0 Å². The van der Waals surface area contributed by atoms with Crippen LogP contribution >= 0.6 is 0 Å². The van der Waals surface area contributed by atoms with E-state index in [1.165, 1.54) is 13.3 Å². The molecule has 0 aromatic carbocycles. The SMILES string of the molecule is CC(=O)OC12CC3CC(C1)CC(C(=O)OC1(C(C)C)C=CCCC1)(C3)C2. The van der Waals surface area contributed by atoms with Gasteiger partial charge in [-0.3, -0.25) is 9.59 Å². The minimum absolute atomic E-state index is 0.0385. The van der Waals surface area contributed by atoms with Gasteiger partial charge in [0.2, 0.25) is 0 Å². The van der Waals surface area contributed by atoms with E-state index in [1.54, 1.807) is 0 Å². The monoisotopic (exact) mass is 360 g/mol. The molecule has 0 aromatic heterocycles. The summed E-state index contributed by atoms with van der Waals surface area (Å²) in [4.78, 5) is 25.2. The van der Waals surface area contributed by atoms with Gasteiger partial charge < -0.3 is 9.47 Å². The van der Waals surface area contributed by atoms with Crippen LogP contribution in [0.15, 0.2) is 12.2 Å². The number of ether oxygens (including phenoxy) is 2. The summed E-state index contributed by atoms with van der Waals surface area (Å²) in [5, 5.41) is 0. The first-order chi connectivity index (χ1) is 12.3. The topological polar surface area (TPSA) is 52.6 Å². The highest BCUT2D eigenvalue weighted by atomic mass is 16.6. The summed E-state index contributed by atoms with van der Waals surface area (Å²) >= 11 is 0. The Morgan fingerprint density at radius 1 is 1.08 bits per heavy atom. The molecule has 0 saturated heterocycles. The van der Waals surface area contributed by atoms with Gasteiger partial charge in [-0.15, -0.1) is 0 Å². The second-order valence-electron chi connectivity index (χ2n) is 9.81. The molecule has 4 saturated carbocycles. The van der Waals surface area contributed by atoms with E-state index < -0.39 is 16.6 Å². The fourth-order valence-corrected chi connectivity index (χ4v) is 6.67. The standard InChI is InChI=1S/C22H32O4/c1-15(2)22(7-5-4-6-8-22)26-19(24)20-10-17-9-18(11-20)13-21(12-17,14-20)25-16(3)23/h5,7,15,17-18H,4,6,8-14H2,1-3H3. The summed E-state index contributed by atoms with van der Waals surface area (Å²) in [6, 6.07) is 0. The van der Waals surface area contributed by atoms with E-state index in [0.29, 0.717) is 18.3 Å². The van der Waals surface area contributed by atoms with Gasteiger partial charge in [0, 0.05) is 13.3 Å². The van der Waals surface area contributed by atoms with Crippen molar-refractivity contribution < 1.29 is 19.1 Å². The summed E-state index contributed by atoms with van der Waals surface area (Å²) < 4.78 is 12.1. The lowest BCUT2D eigenvalue weighted by atomic mass is 9.48. The Labute approximate surface area is 156 Å². The number of hydrogen-bond acceptors (Lipinski definition) is 4. The first-order valence-electron chi connectivity index (χ1n) is 10.4. The minimum Gasteiger partial charge on any atom is -0.459 e. The van der Waals surface area contributed by atoms with E-state index in [4.69, 9.17) is 9.47 Å². The second kappa shape index (κ2) is 6.10. The molecule has 4 bridgehead atoms. The molecule has 0 radical (unpaired) electrons. The van der Waals surface area contributed by atoms with Gasteiger partial charge in [-0.1, -0.05) is 19.9 Å². The zero-order valence-electron chi connectivity index (χ0n) is 16.4. The summed E-state index contributed by atoms with van der Waals surface area (Å²) in [5.74, 6) is 0.979. The largest absolute Gasteiger partial charge is 0.459 e. The number of esters is 2. The maximum absolute atomic E-state index is 13.5. The molecule has 0 heterocycles. The fraction of sp³-hybridized carbons (Fsp3) is 0.818. The predicted octanol–water partition coefficient (Wildman–Crippen LogP) is 4.57. The highest BCUT2D eigenvalue weighted by Crippen LogP contribution is 2.63. The van der Waals surface area contributed by atoms with Crippen LogP contribution < -0.4 is 0 Å². The molecule has 0 amide bonds. The summed E-state index contributed by atoms with van der Waals surface area (Å²) in [6.07, 6.45) is 12.8. The van der Waals surface area contributed by atoms with Crippen molar-refractivity contribution in [1.29, 1.82) is 0 Å². The average molecular weight is 360 g/mol. The smallest absolute Gasteiger partial charge is 0.313 e. The van der Waals surface area contributed by atoms with Crippen LogP contribution in [-0.4, -0.2) is 23.1 Å². The molecular formula is C22H32O4. The third kappa shape index (κ3) is 2.90. The molecular weight excluding hydrogens is 328 g/mol. The number of allylic oxidation sites excluding steroid dienone is 1. The molecule has 5 aliphatic rings. The van der Waals surface area contributed by atoms with Crippen molar-refractivity contribution in [1.82, 2.24) is 0 Å². The molecule has 26 heavy (non-hydrogen) atoms. The highest BCUT2D eigenvalue weighted by Gasteiger charge is 2.63. The highest BCUT2D eigenvalue weighted by molar-refractivity contribution is 5.79. The Hall–Kier alpha value is -1.32. The van der Waals surface area contributed by atoms with Crippen LogP contribution in [-0.2, 0) is 19.1 Å². The van der Waals surface area contributed by atoms with Crippen LogP contribution in [0.2, 0.25) is 0 Å². The lowest BCUT2D eigenvalue weighted by Gasteiger charge is -2.60. The quantitative estimate of drug-likeness (QED) is 0.544. The first kappa shape index (κ1) is 18.1. The van der Waals surface area contributed by atoms with Crippen molar-refractivity contribution in [2.45, 2.75) is 89.8 Å². The van der Waals surface area contributed by atoms with E-state index in [0.717, 1.165) is 44.9 Å². The van der Waals surface area contributed by atoms with Crippen LogP contribution in [0.3, 0.4) is 0 Å². The van der Waals surface area contributed by atoms with E-state index in [-0.39, 0.29) is 17.9 Å². The van der Waals surface area contributed by atoms with Gasteiger partial charge in [-0.25, -0.2) is 0 Å². The third-order valence-electron chi connectivity index (χ3n) is 7.40. The van der Waals surface area contributed by atoms with Crippen molar-refractivity contribution in [3.63, 3.8) is 0 Å². The molecule has 0 aromatic rings. The van der Waals surface area contributed by atoms with Gasteiger partial charge in [0.05, 0.1) is 5.41 Å². The normalized spacial score (nSPS) is 43.5. The van der Waals surface area contributed by atoms with E-state index in [1.807, 2.05) is 0 Å². The average Bonchev–Trinajstić information content (AvgIpc) is 2.53. The van der Waals surface area contributed by atoms with Crippen molar-refractivity contribution in [2.24, 2.45) is 23.2 Å². The van der Waals surface area contributed by atoms with Crippen molar-refractivity contribution in [3.05, 3.63) is 12.2 Å². The molecule has 0 spiro atoms. The minimum atomic E-state index is -0.465. The Morgan fingerprint density at radius 2 is 1.77 bits per heavy atom. The lowest BCUT2D eigenvalue weighted by molar-refractivity contribution is -0.218. The second-order valence-corrected chi connectivity index (χ2v) is 9.81. The van der Waals surface area contributed by atoms with E-state index in [9.17, 15) is 9.59 Å². The number of carbonyl (C=O) groups is 2. The maximum atomic E-state index is 13.5. The van der Waals surface area contributed by atoms with Gasteiger partial charge in [0.1, 0.15) is 11.2 Å². The molecule has 0 aliphatic heterocycles. The van der Waals surface area contributed by atoms with Crippen LogP contribution in [0.4, 0.5) is 0 Å². The van der Waals surface area contributed by atoms with Gasteiger partial charge in [-0.2, -0.15) is 0 Å². The van der Waals surface area contributed by atoms with Crippen LogP contribution in [0.1, 0.15) is 78.6 Å². The zero-order valence-corrected chi connectivity index (χ0v) is 16.4. The van der Waals surface area contributed by atoms with Gasteiger partial charge in [0.15, 0.2) is 0 Å². The molecule has 3 atom stereocenters. The summed E-state index contributed by atoms with van der Waals surface area (Å²) in [7, 11) is 0. The number of carbonyl (C=O) groups excluding carboxylic acids is 2. The summed E-state index contributed by atoms with van der Waals surface area (Å²) in [6.45, 7) is 5.77. The molecule has 3 unspecified atom stereocenters. The van der Waals surface area contributed by atoms with Crippen LogP contribution in [0.25, 0.3) is 0 Å². The maximum Gasteiger partial charge on any atom is 0.313 e. The van der Waals surface area contributed by atoms with E-state index >= 15 is 0 Å². The molecule has 0 N–H and O–H groups in total. The molecule has 4 fully saturated rings. The zero-order chi connectivity index (χ0) is 18.6. The molecule has 5 rings (SSSR count). The fourth-order valence-electron chi connectivity index (χ4n) is 6.67. The molecule has 4 heteroatoms. The Balaban J connectivity index is 1.60. The van der Waals surface area contributed by atoms with Crippen LogP contribution in [0, 0.1) is 23.2 Å². The van der Waals surface area contributed by atoms with Gasteiger partial charge in [-0.05, 0) is 75.2 Å². The van der Waals surface area contributed by atoms with Gasteiger partial charge in [0.25, 0.3) is 0 Å². The molecule has 4 nitrogen and oxygen atoms in total. The predicted molar refractivity (Wildman–Crippen MR) is 98.3 cm³/mol. The van der Waals surface area contributed by atoms with Crippen molar-refractivity contribution in [2.75, 3.05) is 0 Å². The van der Waals surface area contributed by atoms with Crippen molar-refractivity contribution >= 4 is 11.9 Å². The number of hydrogen-bond donors (Lipinski definition) is 0. The molecule has 144 valence electrons. The van der Waals surface area contributed by atoms with Gasteiger partial charge >= 0.3 is 11.9 Å². The Bertz CT molecular complexity index is 620.